The number of nitrogens with one attached hydrogen (secondary N) is 1. The second kappa shape index (κ2) is 7.12. The lowest BCUT2D eigenvalue weighted by Gasteiger charge is -2.08. The summed E-state index contributed by atoms with van der Waals surface area (Å²) in [6.07, 6.45) is 2.18. The maximum atomic E-state index is 12.6. The molecule has 1 N–H and O–H groups in total. The van der Waals surface area contributed by atoms with Crippen LogP contribution in [0, 0.1) is 6.92 Å². The first kappa shape index (κ1) is 16.6. The lowest BCUT2D eigenvalue weighted by atomic mass is 10.1. The van der Waals surface area contributed by atoms with Gasteiger partial charge in [-0.3, -0.25) is 4.79 Å². The number of nitrogens with zero attached hydrogens (tertiary/aromatic N) is 4. The molecule has 25 heavy (non-hydrogen) atoms. The molecule has 1 amide bonds. The third-order valence-corrected chi connectivity index (χ3v) is 3.81. The van der Waals surface area contributed by atoms with Crippen LogP contribution < -0.4 is 10.1 Å². The zero-order valence-corrected chi connectivity index (χ0v) is 14.4. The fourth-order valence-electron chi connectivity index (χ4n) is 2.47. The molecule has 3 aromatic rings. The van der Waals surface area contributed by atoms with Gasteiger partial charge in [-0.05, 0) is 31.5 Å². The summed E-state index contributed by atoms with van der Waals surface area (Å²) >= 11 is 0. The van der Waals surface area contributed by atoms with Gasteiger partial charge in [-0.1, -0.05) is 24.6 Å². The molecule has 0 radical (unpaired) electrons. The Bertz CT molecular complexity index is 869. The second-order valence-corrected chi connectivity index (χ2v) is 5.52. The normalized spacial score (nSPS) is 10.5. The molecular formula is C18H19N5O2. The molecule has 0 saturated heterocycles. The smallest absolute Gasteiger partial charge is 0.259 e. The van der Waals surface area contributed by atoms with Crippen molar-refractivity contribution < 1.29 is 9.53 Å². The number of rotatable bonds is 5. The Morgan fingerprint density at radius 1 is 1.16 bits per heavy atom. The molecule has 7 nitrogen and oxygen atoms in total. The Morgan fingerprint density at radius 2 is 1.92 bits per heavy atom. The van der Waals surface area contributed by atoms with Gasteiger partial charge in [-0.15, -0.1) is 10.2 Å². The van der Waals surface area contributed by atoms with E-state index in [2.05, 4.69) is 20.6 Å². The monoisotopic (exact) mass is 337 g/mol. The average Bonchev–Trinajstić information content (AvgIpc) is 3.08. The van der Waals surface area contributed by atoms with E-state index in [-0.39, 0.29) is 5.91 Å². The van der Waals surface area contributed by atoms with Crippen LogP contribution >= 0.6 is 0 Å². The topological polar surface area (TPSA) is 81.9 Å². The summed E-state index contributed by atoms with van der Waals surface area (Å²) in [6, 6.07) is 11.1. The van der Waals surface area contributed by atoms with Crippen molar-refractivity contribution in [1.29, 1.82) is 0 Å². The predicted molar refractivity (Wildman–Crippen MR) is 94.2 cm³/mol. The fraction of sp³-hybridized carbons (Fsp3) is 0.222. The van der Waals surface area contributed by atoms with Crippen molar-refractivity contribution in [3.05, 3.63) is 59.4 Å². The summed E-state index contributed by atoms with van der Waals surface area (Å²) < 4.78 is 6.63. The third kappa shape index (κ3) is 3.50. The lowest BCUT2D eigenvalue weighted by molar-refractivity contribution is 0.102. The molecule has 0 atom stereocenters. The van der Waals surface area contributed by atoms with Gasteiger partial charge in [-0.25, -0.2) is 4.68 Å². The number of hydrogen-bond acceptors (Lipinski definition) is 5. The van der Waals surface area contributed by atoms with E-state index in [1.54, 1.807) is 23.0 Å². The predicted octanol–water partition coefficient (Wildman–Crippen LogP) is 2.79. The first-order valence-electron chi connectivity index (χ1n) is 7.95. The molecule has 0 aliphatic carbocycles. The van der Waals surface area contributed by atoms with Crippen LogP contribution in [-0.2, 0) is 6.42 Å². The summed E-state index contributed by atoms with van der Waals surface area (Å²) in [7, 11) is 1.53. The Hall–Kier alpha value is -3.22. The van der Waals surface area contributed by atoms with E-state index < -0.39 is 0 Å². The first-order valence-corrected chi connectivity index (χ1v) is 7.95. The minimum atomic E-state index is -0.201. The number of ether oxygens (including phenoxy) is 1. The van der Waals surface area contributed by atoms with Crippen molar-refractivity contribution in [3.63, 3.8) is 0 Å². The van der Waals surface area contributed by atoms with Crippen LogP contribution in [0.1, 0.15) is 28.5 Å². The third-order valence-electron chi connectivity index (χ3n) is 3.81. The van der Waals surface area contributed by atoms with E-state index in [9.17, 15) is 4.79 Å². The number of hydrogen-bond donors (Lipinski definition) is 1. The van der Waals surface area contributed by atoms with Gasteiger partial charge in [0.05, 0.1) is 24.6 Å². The van der Waals surface area contributed by atoms with E-state index in [0.717, 1.165) is 16.9 Å². The summed E-state index contributed by atoms with van der Waals surface area (Å²) in [6.45, 7) is 3.97. The number of anilines is 1. The van der Waals surface area contributed by atoms with E-state index in [4.69, 9.17) is 4.74 Å². The zero-order chi connectivity index (χ0) is 17.8. The SMILES string of the molecule is CCc1c(C(=O)Nc2ccc(C)cc2)cnn1-c1ccc(OC)nn1. The Morgan fingerprint density at radius 3 is 2.52 bits per heavy atom. The van der Waals surface area contributed by atoms with Crippen LogP contribution in [0.25, 0.3) is 5.82 Å². The molecule has 2 heterocycles. The zero-order valence-electron chi connectivity index (χ0n) is 14.4. The van der Waals surface area contributed by atoms with Crippen molar-refractivity contribution in [2.24, 2.45) is 0 Å². The highest BCUT2D eigenvalue weighted by atomic mass is 16.5. The highest BCUT2D eigenvalue weighted by molar-refractivity contribution is 6.05. The Labute approximate surface area is 145 Å². The molecule has 0 spiro atoms. The maximum Gasteiger partial charge on any atom is 0.259 e. The quantitative estimate of drug-likeness (QED) is 0.774. The van der Waals surface area contributed by atoms with E-state index in [0.29, 0.717) is 23.7 Å². The summed E-state index contributed by atoms with van der Waals surface area (Å²) in [5, 5.41) is 15.2. The van der Waals surface area contributed by atoms with Gasteiger partial charge in [-0.2, -0.15) is 5.10 Å². The van der Waals surface area contributed by atoms with Crippen molar-refractivity contribution in [1.82, 2.24) is 20.0 Å². The molecule has 2 aromatic heterocycles. The number of methoxy groups -OCH3 is 1. The molecule has 128 valence electrons. The number of carbonyl (C=O) groups excluding carboxylic acids is 1. The summed E-state index contributed by atoms with van der Waals surface area (Å²) in [5.41, 5.74) is 3.16. The van der Waals surface area contributed by atoms with Gasteiger partial charge in [0.2, 0.25) is 5.88 Å². The number of aromatic nitrogens is 4. The van der Waals surface area contributed by atoms with Gasteiger partial charge in [0.15, 0.2) is 5.82 Å². The van der Waals surface area contributed by atoms with Gasteiger partial charge in [0.1, 0.15) is 0 Å². The Balaban J connectivity index is 1.88. The molecule has 0 unspecified atom stereocenters. The van der Waals surface area contributed by atoms with Crippen molar-refractivity contribution >= 4 is 11.6 Å². The van der Waals surface area contributed by atoms with Crippen LogP contribution in [0.5, 0.6) is 5.88 Å². The minimum Gasteiger partial charge on any atom is -0.480 e. The van der Waals surface area contributed by atoms with Crippen molar-refractivity contribution in [2.45, 2.75) is 20.3 Å². The highest BCUT2D eigenvalue weighted by Gasteiger charge is 2.18. The summed E-state index contributed by atoms with van der Waals surface area (Å²) in [5.74, 6) is 0.756. The lowest BCUT2D eigenvalue weighted by Crippen LogP contribution is -2.14. The molecule has 0 aliphatic heterocycles. The minimum absolute atomic E-state index is 0.201. The molecule has 1 aromatic carbocycles. The van der Waals surface area contributed by atoms with Crippen LogP contribution in [0.3, 0.4) is 0 Å². The standard InChI is InChI=1S/C18H19N5O2/c1-4-15-14(18(24)20-13-7-5-12(2)6-8-13)11-19-23(15)16-9-10-17(25-3)22-21-16/h5-11H,4H2,1-3H3,(H,20,24). The van der Waals surface area contributed by atoms with Crippen LogP contribution in [-0.4, -0.2) is 33.0 Å². The summed E-state index contributed by atoms with van der Waals surface area (Å²) in [4.78, 5) is 12.6. The van der Waals surface area contributed by atoms with E-state index in [1.165, 1.54) is 7.11 Å². The van der Waals surface area contributed by atoms with Crippen LogP contribution in [0.2, 0.25) is 0 Å². The van der Waals surface area contributed by atoms with E-state index >= 15 is 0 Å². The highest BCUT2D eigenvalue weighted by Crippen LogP contribution is 2.17. The van der Waals surface area contributed by atoms with Crippen molar-refractivity contribution in [3.8, 4) is 11.7 Å². The molecule has 7 heteroatoms. The number of amides is 1. The van der Waals surface area contributed by atoms with Gasteiger partial charge in [0.25, 0.3) is 5.91 Å². The van der Waals surface area contributed by atoms with E-state index in [1.807, 2.05) is 38.1 Å². The number of carbonyl (C=O) groups is 1. The van der Waals surface area contributed by atoms with Crippen LogP contribution in [0.4, 0.5) is 5.69 Å². The molecule has 0 bridgehead atoms. The number of aryl methyl sites for hydroxylation is 1. The van der Waals surface area contributed by atoms with Gasteiger partial charge < -0.3 is 10.1 Å². The van der Waals surface area contributed by atoms with Gasteiger partial charge in [0, 0.05) is 11.8 Å². The fourth-order valence-corrected chi connectivity index (χ4v) is 2.47. The first-order chi connectivity index (χ1) is 12.1. The maximum absolute atomic E-state index is 12.6. The Kier molecular flexibility index (Phi) is 4.74. The second-order valence-electron chi connectivity index (χ2n) is 5.52. The molecular weight excluding hydrogens is 318 g/mol. The average molecular weight is 337 g/mol. The van der Waals surface area contributed by atoms with Gasteiger partial charge >= 0.3 is 0 Å². The largest absolute Gasteiger partial charge is 0.480 e. The number of benzene rings is 1. The molecule has 0 aliphatic rings. The van der Waals surface area contributed by atoms with Crippen molar-refractivity contribution in [2.75, 3.05) is 12.4 Å². The molecule has 3 rings (SSSR count). The van der Waals surface area contributed by atoms with Crippen LogP contribution in [0.15, 0.2) is 42.6 Å². The molecule has 0 saturated carbocycles. The molecule has 0 fully saturated rings.